The highest BCUT2D eigenvalue weighted by atomic mass is 35.5. The Bertz CT molecular complexity index is 1150. The molecule has 0 aliphatic carbocycles. The molecule has 1 saturated heterocycles. The van der Waals surface area contributed by atoms with Crippen LogP contribution < -0.4 is 10.0 Å². The molecule has 32 heavy (non-hydrogen) atoms. The molecule has 8 nitrogen and oxygen atoms in total. The molecular weight excluding hydrogens is 474 g/mol. The van der Waals surface area contributed by atoms with Crippen molar-refractivity contribution in [2.24, 2.45) is 0 Å². The second-order valence-electron chi connectivity index (χ2n) is 6.67. The van der Waals surface area contributed by atoms with Crippen molar-refractivity contribution in [3.05, 3.63) is 70.1 Å². The fraction of sp³-hybridized carbons (Fsp3) is 0.190. The lowest BCUT2D eigenvalue weighted by Crippen LogP contribution is -2.38. The summed E-state index contributed by atoms with van der Waals surface area (Å²) in [4.78, 5) is 38.1. The first-order valence-electron chi connectivity index (χ1n) is 9.59. The SMILES string of the molecule is O=C(CCNS(=O)(=O)c1ccccc1)NCCN1C(=O)SC(=Cc2ccccc2Cl)C1=O. The normalized spacial score (nSPS) is 15.4. The van der Waals surface area contributed by atoms with E-state index in [2.05, 4.69) is 10.0 Å². The molecule has 11 heteroatoms. The van der Waals surface area contributed by atoms with Gasteiger partial charge in [-0.2, -0.15) is 0 Å². The quantitative estimate of drug-likeness (QED) is 0.519. The van der Waals surface area contributed by atoms with E-state index in [4.69, 9.17) is 11.6 Å². The van der Waals surface area contributed by atoms with Gasteiger partial charge in [-0.05, 0) is 41.6 Å². The zero-order chi connectivity index (χ0) is 23.1. The van der Waals surface area contributed by atoms with Crippen molar-refractivity contribution in [1.82, 2.24) is 14.9 Å². The van der Waals surface area contributed by atoms with Crippen LogP contribution >= 0.6 is 23.4 Å². The molecule has 0 spiro atoms. The van der Waals surface area contributed by atoms with Gasteiger partial charge < -0.3 is 5.32 Å². The third kappa shape index (κ3) is 6.19. The minimum Gasteiger partial charge on any atom is -0.354 e. The van der Waals surface area contributed by atoms with Gasteiger partial charge in [-0.3, -0.25) is 19.3 Å². The molecule has 2 N–H and O–H groups in total. The molecule has 0 saturated carbocycles. The number of thioether (sulfide) groups is 1. The van der Waals surface area contributed by atoms with Crippen LogP contribution in [0.3, 0.4) is 0 Å². The minimum absolute atomic E-state index is 0.00596. The van der Waals surface area contributed by atoms with Crippen molar-refractivity contribution in [1.29, 1.82) is 0 Å². The molecule has 1 fully saturated rings. The van der Waals surface area contributed by atoms with Crippen molar-refractivity contribution in [2.75, 3.05) is 19.6 Å². The van der Waals surface area contributed by atoms with Crippen molar-refractivity contribution < 1.29 is 22.8 Å². The largest absolute Gasteiger partial charge is 0.354 e. The smallest absolute Gasteiger partial charge is 0.293 e. The Morgan fingerprint density at radius 2 is 1.72 bits per heavy atom. The van der Waals surface area contributed by atoms with Crippen molar-refractivity contribution in [2.45, 2.75) is 11.3 Å². The second-order valence-corrected chi connectivity index (χ2v) is 9.83. The van der Waals surface area contributed by atoms with Gasteiger partial charge in [0.15, 0.2) is 0 Å². The second kappa shape index (κ2) is 10.8. The van der Waals surface area contributed by atoms with Gasteiger partial charge >= 0.3 is 0 Å². The van der Waals surface area contributed by atoms with Gasteiger partial charge in [0.2, 0.25) is 15.9 Å². The number of halogens is 1. The Labute approximate surface area is 195 Å². The van der Waals surface area contributed by atoms with Crippen LogP contribution in [0.2, 0.25) is 5.02 Å². The minimum atomic E-state index is -3.69. The molecule has 2 aromatic rings. The first-order chi connectivity index (χ1) is 15.3. The van der Waals surface area contributed by atoms with E-state index >= 15 is 0 Å². The van der Waals surface area contributed by atoms with Crippen LogP contribution in [0.5, 0.6) is 0 Å². The molecule has 168 valence electrons. The molecule has 3 rings (SSSR count). The van der Waals surface area contributed by atoms with E-state index in [1.165, 1.54) is 12.1 Å². The summed E-state index contributed by atoms with van der Waals surface area (Å²) in [5, 5.41) is 2.62. The molecule has 1 heterocycles. The molecular formula is C21H20ClN3O5S2. The van der Waals surface area contributed by atoms with E-state index in [9.17, 15) is 22.8 Å². The summed E-state index contributed by atoms with van der Waals surface area (Å²) < 4.78 is 26.6. The van der Waals surface area contributed by atoms with E-state index in [0.717, 1.165) is 16.7 Å². The average Bonchev–Trinajstić information content (AvgIpc) is 3.03. The molecule has 2 aromatic carbocycles. The zero-order valence-corrected chi connectivity index (χ0v) is 19.2. The lowest BCUT2D eigenvalue weighted by atomic mass is 10.2. The molecule has 0 unspecified atom stereocenters. The number of sulfonamides is 1. The highest BCUT2D eigenvalue weighted by Gasteiger charge is 2.34. The molecule has 3 amide bonds. The molecule has 1 aliphatic heterocycles. The van der Waals surface area contributed by atoms with Crippen molar-refractivity contribution >= 4 is 56.5 Å². The fourth-order valence-corrected chi connectivity index (χ4v) is 4.90. The summed E-state index contributed by atoms with van der Waals surface area (Å²) in [6.07, 6.45) is 1.48. The van der Waals surface area contributed by atoms with Crippen LogP contribution in [-0.4, -0.2) is 50.0 Å². The van der Waals surface area contributed by atoms with Crippen LogP contribution in [0, 0.1) is 0 Å². The number of amides is 3. The third-order valence-electron chi connectivity index (χ3n) is 4.42. The molecule has 0 aromatic heterocycles. The Morgan fingerprint density at radius 1 is 1.03 bits per heavy atom. The van der Waals surface area contributed by atoms with Crippen LogP contribution in [0.4, 0.5) is 4.79 Å². The summed E-state index contributed by atoms with van der Waals surface area (Å²) in [6.45, 7) is -0.0150. The van der Waals surface area contributed by atoms with Crippen LogP contribution in [-0.2, 0) is 19.6 Å². The Morgan fingerprint density at radius 3 is 2.44 bits per heavy atom. The van der Waals surface area contributed by atoms with Gasteiger partial charge in [-0.15, -0.1) is 0 Å². The zero-order valence-electron chi connectivity index (χ0n) is 16.8. The summed E-state index contributed by atoms with van der Waals surface area (Å²) in [6, 6.07) is 14.8. The number of carbonyl (C=O) groups is 3. The average molecular weight is 494 g/mol. The lowest BCUT2D eigenvalue weighted by Gasteiger charge is -2.13. The highest BCUT2D eigenvalue weighted by Crippen LogP contribution is 2.33. The van der Waals surface area contributed by atoms with Gasteiger partial charge in [0.25, 0.3) is 11.1 Å². The number of rotatable bonds is 9. The number of benzene rings is 2. The van der Waals surface area contributed by atoms with Gasteiger partial charge in [0.05, 0.1) is 9.80 Å². The molecule has 0 radical (unpaired) electrons. The van der Waals surface area contributed by atoms with E-state index in [-0.39, 0.29) is 35.9 Å². The number of nitrogens with zero attached hydrogens (tertiary/aromatic N) is 1. The topological polar surface area (TPSA) is 113 Å². The van der Waals surface area contributed by atoms with Crippen LogP contribution in [0.1, 0.15) is 12.0 Å². The van der Waals surface area contributed by atoms with Gasteiger partial charge in [0.1, 0.15) is 0 Å². The number of hydrogen-bond donors (Lipinski definition) is 2. The molecule has 0 atom stereocenters. The highest BCUT2D eigenvalue weighted by molar-refractivity contribution is 8.18. The molecule has 0 bridgehead atoms. The maximum Gasteiger partial charge on any atom is 0.293 e. The Kier molecular flexibility index (Phi) is 8.08. The van der Waals surface area contributed by atoms with Gasteiger partial charge in [-0.25, -0.2) is 13.1 Å². The van der Waals surface area contributed by atoms with E-state index in [1.54, 1.807) is 48.5 Å². The van der Waals surface area contributed by atoms with E-state index < -0.39 is 27.1 Å². The fourth-order valence-electron chi connectivity index (χ4n) is 2.80. The predicted octanol–water partition coefficient (Wildman–Crippen LogP) is 2.86. The van der Waals surface area contributed by atoms with Gasteiger partial charge in [0, 0.05) is 31.1 Å². The predicted molar refractivity (Wildman–Crippen MR) is 123 cm³/mol. The summed E-state index contributed by atoms with van der Waals surface area (Å²) in [5.74, 6) is -0.857. The van der Waals surface area contributed by atoms with Crippen molar-refractivity contribution in [3.8, 4) is 0 Å². The van der Waals surface area contributed by atoms with Gasteiger partial charge in [-0.1, -0.05) is 48.0 Å². The molecule has 1 aliphatic rings. The summed E-state index contributed by atoms with van der Waals surface area (Å²) in [7, 11) is -3.69. The maximum absolute atomic E-state index is 12.5. The Balaban J connectivity index is 1.45. The van der Waals surface area contributed by atoms with E-state index in [1.807, 2.05) is 0 Å². The number of nitrogens with one attached hydrogen (secondary N) is 2. The van der Waals surface area contributed by atoms with Crippen molar-refractivity contribution in [3.63, 3.8) is 0 Å². The summed E-state index contributed by atoms with van der Waals surface area (Å²) >= 11 is 6.90. The lowest BCUT2D eigenvalue weighted by molar-refractivity contribution is -0.124. The number of imide groups is 1. The first-order valence-corrected chi connectivity index (χ1v) is 12.3. The summed E-state index contributed by atoms with van der Waals surface area (Å²) in [5.41, 5.74) is 0.630. The van der Waals surface area contributed by atoms with E-state index in [0.29, 0.717) is 10.6 Å². The number of carbonyl (C=O) groups excluding carboxylic acids is 3. The third-order valence-corrected chi connectivity index (χ3v) is 7.15. The first kappa shape index (κ1) is 24.0. The monoisotopic (exact) mass is 493 g/mol. The van der Waals surface area contributed by atoms with Crippen LogP contribution in [0.15, 0.2) is 64.4 Å². The Hall–Kier alpha value is -2.66. The maximum atomic E-state index is 12.5. The standard InChI is InChI=1S/C21H20ClN3O5S2/c22-17-9-5-4-6-15(17)14-18-20(27)25(21(28)31-18)13-12-23-19(26)10-11-24-32(29,30)16-7-2-1-3-8-16/h1-9,14,24H,10-13H2,(H,23,26). The van der Waals surface area contributed by atoms with Crippen LogP contribution in [0.25, 0.3) is 6.08 Å². The number of hydrogen-bond acceptors (Lipinski definition) is 6.